The zero-order chi connectivity index (χ0) is 25.7. The lowest BCUT2D eigenvalue weighted by atomic mass is 10.0. The number of carbonyl (C=O) groups is 3. The summed E-state index contributed by atoms with van der Waals surface area (Å²) in [5.74, 6) is -7.29. The molecular weight excluding hydrogens is 499 g/mol. The van der Waals surface area contributed by atoms with Crippen molar-refractivity contribution < 1.29 is 46.5 Å². The van der Waals surface area contributed by atoms with E-state index in [9.17, 15) is 27.6 Å². The summed E-state index contributed by atoms with van der Waals surface area (Å²) in [5.41, 5.74) is -2.84. The number of hydrogen-bond donors (Lipinski definition) is 0. The molecule has 2 aromatic rings. The van der Waals surface area contributed by atoms with Gasteiger partial charge in [0.2, 0.25) is 0 Å². The van der Waals surface area contributed by atoms with Crippen LogP contribution in [0.25, 0.3) is 11.3 Å². The maximum atomic E-state index is 13.7. The third kappa shape index (κ3) is 4.45. The van der Waals surface area contributed by atoms with Crippen molar-refractivity contribution in [1.82, 2.24) is 15.0 Å². The quantitative estimate of drug-likeness (QED) is 0.246. The Hall–Kier alpha value is -3.19. The molecule has 4 rings (SSSR count). The van der Waals surface area contributed by atoms with Crippen LogP contribution in [-0.2, 0) is 33.3 Å². The van der Waals surface area contributed by atoms with E-state index in [0.717, 1.165) is 26.0 Å². The van der Waals surface area contributed by atoms with Crippen LogP contribution in [-0.4, -0.2) is 62.9 Å². The molecule has 4 unspecified atom stereocenters. The van der Waals surface area contributed by atoms with E-state index < -0.39 is 70.7 Å². The first kappa shape index (κ1) is 24.9. The number of halogens is 4. The number of fused-ring (bicyclic) bond motifs is 1. The van der Waals surface area contributed by atoms with Crippen LogP contribution in [0.1, 0.15) is 26.8 Å². The first-order chi connectivity index (χ1) is 16.5. The molecule has 14 heteroatoms. The SMILES string of the molecule is CC(=O)OCC1O[C@@H](Cl)C(OC(C)=O)C2C(n3cc(-c4cc(F)c(F)c(F)c4)nn3)[C@@]12OC(C)=O. The molecule has 0 bridgehead atoms. The van der Waals surface area contributed by atoms with Gasteiger partial charge in [-0.2, -0.15) is 0 Å². The van der Waals surface area contributed by atoms with E-state index in [1.54, 1.807) is 0 Å². The summed E-state index contributed by atoms with van der Waals surface area (Å²) in [5, 5.41) is 7.85. The first-order valence-electron chi connectivity index (χ1n) is 10.3. The van der Waals surface area contributed by atoms with Crippen molar-refractivity contribution in [1.29, 1.82) is 0 Å². The smallest absolute Gasteiger partial charge is 0.303 e. The Balaban J connectivity index is 1.75. The number of hydrogen-bond acceptors (Lipinski definition) is 9. The van der Waals surface area contributed by atoms with Crippen LogP contribution < -0.4 is 0 Å². The Morgan fingerprint density at radius 1 is 1.11 bits per heavy atom. The van der Waals surface area contributed by atoms with E-state index >= 15 is 0 Å². The van der Waals surface area contributed by atoms with Gasteiger partial charge in [-0.25, -0.2) is 17.9 Å². The third-order valence-electron chi connectivity index (χ3n) is 5.76. The molecule has 1 aliphatic carbocycles. The summed E-state index contributed by atoms with van der Waals surface area (Å²) in [6, 6.07) is 0.617. The van der Waals surface area contributed by atoms with E-state index in [1.165, 1.54) is 17.8 Å². The van der Waals surface area contributed by atoms with E-state index in [-0.39, 0.29) is 17.9 Å². The fraction of sp³-hybridized carbons (Fsp3) is 0.476. The minimum atomic E-state index is -1.63. The highest BCUT2D eigenvalue weighted by atomic mass is 35.5. The molecule has 1 aromatic carbocycles. The maximum absolute atomic E-state index is 13.7. The largest absolute Gasteiger partial charge is 0.463 e. The molecule has 0 amide bonds. The summed E-state index contributed by atoms with van der Waals surface area (Å²) in [4.78, 5) is 35.2. The lowest BCUT2D eigenvalue weighted by Gasteiger charge is -2.36. The van der Waals surface area contributed by atoms with Crippen molar-refractivity contribution >= 4 is 29.5 Å². The molecule has 1 saturated carbocycles. The van der Waals surface area contributed by atoms with Gasteiger partial charge < -0.3 is 18.9 Å². The van der Waals surface area contributed by atoms with Crippen LogP contribution >= 0.6 is 11.6 Å². The number of nitrogens with zero attached hydrogens (tertiary/aromatic N) is 3. The van der Waals surface area contributed by atoms with Crippen LogP contribution in [0.3, 0.4) is 0 Å². The predicted octanol–water partition coefficient (Wildman–Crippen LogP) is 2.29. The Labute approximate surface area is 201 Å². The molecule has 0 spiro atoms. The Morgan fingerprint density at radius 3 is 2.34 bits per heavy atom. The number of alkyl halides is 1. The van der Waals surface area contributed by atoms with Crippen molar-refractivity contribution in [2.24, 2.45) is 5.92 Å². The van der Waals surface area contributed by atoms with Crippen LogP contribution in [0.2, 0.25) is 0 Å². The molecule has 2 heterocycles. The molecule has 1 saturated heterocycles. The Morgan fingerprint density at radius 2 is 1.77 bits per heavy atom. The number of benzene rings is 1. The van der Waals surface area contributed by atoms with Crippen LogP contribution in [0.15, 0.2) is 18.3 Å². The lowest BCUT2D eigenvalue weighted by Crippen LogP contribution is -2.52. The number of rotatable bonds is 6. The first-order valence-corrected chi connectivity index (χ1v) is 10.8. The second-order valence-electron chi connectivity index (χ2n) is 8.11. The van der Waals surface area contributed by atoms with Crippen molar-refractivity contribution in [3.05, 3.63) is 35.8 Å². The van der Waals surface area contributed by atoms with Gasteiger partial charge in [0.15, 0.2) is 34.7 Å². The zero-order valence-corrected chi connectivity index (χ0v) is 19.3. The van der Waals surface area contributed by atoms with Crippen LogP contribution in [0.5, 0.6) is 0 Å². The van der Waals surface area contributed by atoms with Gasteiger partial charge >= 0.3 is 17.9 Å². The van der Waals surface area contributed by atoms with Gasteiger partial charge in [0.05, 0.1) is 12.1 Å². The molecule has 0 radical (unpaired) electrons. The highest BCUT2D eigenvalue weighted by Gasteiger charge is 2.81. The topological polar surface area (TPSA) is 119 Å². The molecule has 188 valence electrons. The molecular formula is C21H19ClF3N3O7. The van der Waals surface area contributed by atoms with Crippen molar-refractivity contribution in [3.63, 3.8) is 0 Å². The fourth-order valence-electron chi connectivity index (χ4n) is 4.48. The standard InChI is InChI=1S/C21H19ClF3N3O7/c1-8(29)32-7-15-21(35-10(3)31)16(18(20(22)34-15)33-9(2)30)19(21)28-6-14(26-27-28)11-4-12(23)17(25)13(24)5-11/h4-6,15-16,18-20H,7H2,1-3H3/t15?,16?,18?,19?,20-,21-/m1/s1. The van der Waals surface area contributed by atoms with E-state index in [4.69, 9.17) is 30.5 Å². The second kappa shape index (κ2) is 9.11. The van der Waals surface area contributed by atoms with Gasteiger partial charge in [0.25, 0.3) is 0 Å². The maximum Gasteiger partial charge on any atom is 0.303 e. The van der Waals surface area contributed by atoms with Gasteiger partial charge in [-0.3, -0.25) is 14.4 Å². The summed E-state index contributed by atoms with van der Waals surface area (Å²) in [7, 11) is 0. The van der Waals surface area contributed by atoms with Gasteiger partial charge in [-0.15, -0.1) is 5.10 Å². The Bertz CT molecular complexity index is 1170. The summed E-state index contributed by atoms with van der Waals surface area (Å²) in [6.07, 6.45) is -0.884. The molecule has 10 nitrogen and oxygen atoms in total. The van der Waals surface area contributed by atoms with Crippen molar-refractivity contribution in [2.75, 3.05) is 6.61 Å². The fourth-order valence-corrected chi connectivity index (χ4v) is 4.81. The lowest BCUT2D eigenvalue weighted by molar-refractivity contribution is -0.201. The van der Waals surface area contributed by atoms with Crippen LogP contribution in [0.4, 0.5) is 13.2 Å². The normalized spacial score (nSPS) is 29.2. The summed E-state index contributed by atoms with van der Waals surface area (Å²) in [6.45, 7) is 3.13. The molecule has 6 atom stereocenters. The predicted molar refractivity (Wildman–Crippen MR) is 109 cm³/mol. The molecule has 0 N–H and O–H groups in total. The monoisotopic (exact) mass is 517 g/mol. The van der Waals surface area contributed by atoms with Gasteiger partial charge in [0, 0.05) is 26.3 Å². The Kier molecular flexibility index (Phi) is 6.49. The summed E-state index contributed by atoms with van der Waals surface area (Å²) < 4.78 is 63.8. The number of ether oxygens (including phenoxy) is 4. The average molecular weight is 518 g/mol. The number of carbonyl (C=O) groups excluding carboxylic acids is 3. The second-order valence-corrected chi connectivity index (χ2v) is 8.54. The molecule has 35 heavy (non-hydrogen) atoms. The minimum Gasteiger partial charge on any atom is -0.463 e. The number of aromatic nitrogens is 3. The van der Waals surface area contributed by atoms with E-state index in [1.807, 2.05) is 0 Å². The van der Waals surface area contributed by atoms with Crippen LogP contribution in [0, 0.1) is 23.4 Å². The summed E-state index contributed by atoms with van der Waals surface area (Å²) >= 11 is 6.32. The van der Waals surface area contributed by atoms with E-state index in [2.05, 4.69) is 10.3 Å². The molecule has 1 aliphatic heterocycles. The zero-order valence-electron chi connectivity index (χ0n) is 18.5. The minimum absolute atomic E-state index is 0.0201. The highest BCUT2D eigenvalue weighted by Crippen LogP contribution is 2.65. The van der Waals surface area contributed by atoms with Crippen molar-refractivity contribution in [2.45, 2.75) is 50.2 Å². The van der Waals surface area contributed by atoms with Gasteiger partial charge in [-0.05, 0) is 12.1 Å². The third-order valence-corrected chi connectivity index (χ3v) is 6.11. The molecule has 2 fully saturated rings. The van der Waals surface area contributed by atoms with Crippen molar-refractivity contribution in [3.8, 4) is 11.3 Å². The van der Waals surface area contributed by atoms with Gasteiger partial charge in [0.1, 0.15) is 24.4 Å². The number of esters is 3. The van der Waals surface area contributed by atoms with E-state index in [0.29, 0.717) is 0 Å². The molecule has 2 aliphatic rings. The highest BCUT2D eigenvalue weighted by molar-refractivity contribution is 6.20. The van der Waals surface area contributed by atoms with Gasteiger partial charge in [-0.1, -0.05) is 16.8 Å². The molecule has 1 aromatic heterocycles. The average Bonchev–Trinajstić information content (AvgIpc) is 3.16.